The van der Waals surface area contributed by atoms with Crippen LogP contribution in [0.15, 0.2) is 24.4 Å². The van der Waals surface area contributed by atoms with Gasteiger partial charge in [-0.2, -0.15) is 0 Å². The highest BCUT2D eigenvalue weighted by molar-refractivity contribution is 5.90. The molecule has 0 spiro atoms. The first-order chi connectivity index (χ1) is 7.58. The van der Waals surface area contributed by atoms with Crippen molar-refractivity contribution in [3.8, 4) is 0 Å². The number of benzene rings is 1. The Hall–Kier alpha value is -1.64. The third-order valence-electron chi connectivity index (χ3n) is 2.74. The number of fused-ring (bicyclic) bond motifs is 1. The number of carbonyl (C=O) groups is 1. The number of nitrogens with one attached hydrogen (secondary N) is 1. The molecule has 2 aromatic rings. The molecule has 0 amide bonds. The van der Waals surface area contributed by atoms with Crippen molar-refractivity contribution in [1.82, 2.24) is 4.98 Å². The highest BCUT2D eigenvalue weighted by Crippen LogP contribution is 2.20. The number of rotatable bonds is 3. The van der Waals surface area contributed by atoms with Crippen molar-refractivity contribution in [2.45, 2.75) is 20.3 Å². The maximum absolute atomic E-state index is 12.9. The van der Waals surface area contributed by atoms with Crippen molar-refractivity contribution in [3.63, 3.8) is 0 Å². The van der Waals surface area contributed by atoms with E-state index < -0.39 is 0 Å². The van der Waals surface area contributed by atoms with Crippen LogP contribution < -0.4 is 0 Å². The van der Waals surface area contributed by atoms with Crippen LogP contribution in [0, 0.1) is 11.7 Å². The fourth-order valence-electron chi connectivity index (χ4n) is 1.70. The van der Waals surface area contributed by atoms with Gasteiger partial charge in [0.1, 0.15) is 11.6 Å². The zero-order valence-electron chi connectivity index (χ0n) is 9.38. The predicted octanol–water partition coefficient (Wildman–Crippen LogP) is 3.07. The Kier molecular flexibility index (Phi) is 2.77. The van der Waals surface area contributed by atoms with E-state index in [4.69, 9.17) is 0 Å². The molecule has 0 aliphatic heterocycles. The monoisotopic (exact) mass is 219 g/mol. The molecule has 1 aromatic carbocycles. The Morgan fingerprint density at radius 1 is 1.44 bits per heavy atom. The van der Waals surface area contributed by atoms with E-state index >= 15 is 0 Å². The third kappa shape index (κ3) is 1.98. The van der Waals surface area contributed by atoms with Crippen LogP contribution in [-0.4, -0.2) is 10.8 Å². The van der Waals surface area contributed by atoms with Gasteiger partial charge in [-0.25, -0.2) is 4.39 Å². The summed E-state index contributed by atoms with van der Waals surface area (Å²) in [6.07, 6.45) is 2.19. The van der Waals surface area contributed by atoms with Crippen molar-refractivity contribution < 1.29 is 9.18 Å². The molecule has 0 aliphatic rings. The number of carbonyl (C=O) groups excluding carboxylic acids is 1. The second kappa shape index (κ2) is 4.08. The van der Waals surface area contributed by atoms with Crippen molar-refractivity contribution in [3.05, 3.63) is 35.8 Å². The van der Waals surface area contributed by atoms with E-state index in [1.165, 1.54) is 12.1 Å². The number of hydrogen-bond donors (Lipinski definition) is 1. The molecule has 16 heavy (non-hydrogen) atoms. The van der Waals surface area contributed by atoms with Crippen LogP contribution >= 0.6 is 0 Å². The fraction of sp³-hybridized carbons (Fsp3) is 0.308. The highest BCUT2D eigenvalue weighted by atomic mass is 19.1. The Morgan fingerprint density at radius 3 is 2.88 bits per heavy atom. The van der Waals surface area contributed by atoms with E-state index in [9.17, 15) is 9.18 Å². The minimum atomic E-state index is -0.268. The van der Waals surface area contributed by atoms with Gasteiger partial charge in [-0.3, -0.25) is 4.79 Å². The lowest BCUT2D eigenvalue weighted by Gasteiger charge is -2.02. The molecular weight excluding hydrogens is 205 g/mol. The number of Topliss-reactive ketones (excluding diaryl/α,β-unsaturated/α-hetero) is 1. The summed E-state index contributed by atoms with van der Waals surface area (Å²) < 4.78 is 12.9. The standard InChI is InChI=1S/C13H14FNO/c1-8(2)13(16)5-9-7-15-12-6-10(14)3-4-11(9)12/h3-4,6-8,15H,5H2,1-2H3. The van der Waals surface area contributed by atoms with Gasteiger partial charge in [0.2, 0.25) is 0 Å². The zero-order chi connectivity index (χ0) is 11.7. The van der Waals surface area contributed by atoms with Gasteiger partial charge >= 0.3 is 0 Å². The summed E-state index contributed by atoms with van der Waals surface area (Å²) in [5.74, 6) is -0.0355. The quantitative estimate of drug-likeness (QED) is 0.845. The van der Waals surface area contributed by atoms with Crippen molar-refractivity contribution >= 4 is 16.7 Å². The van der Waals surface area contributed by atoms with Gasteiger partial charge < -0.3 is 4.98 Å². The summed E-state index contributed by atoms with van der Waals surface area (Å²) in [5.41, 5.74) is 1.68. The molecule has 0 saturated heterocycles. The lowest BCUT2D eigenvalue weighted by molar-refractivity contribution is -0.121. The molecule has 3 heteroatoms. The first-order valence-electron chi connectivity index (χ1n) is 5.36. The topological polar surface area (TPSA) is 32.9 Å². The van der Waals surface area contributed by atoms with Crippen molar-refractivity contribution in [2.24, 2.45) is 5.92 Å². The van der Waals surface area contributed by atoms with Crippen LogP contribution in [0.4, 0.5) is 4.39 Å². The first-order valence-corrected chi connectivity index (χ1v) is 5.36. The third-order valence-corrected chi connectivity index (χ3v) is 2.74. The summed E-state index contributed by atoms with van der Waals surface area (Å²) in [6, 6.07) is 4.57. The van der Waals surface area contributed by atoms with E-state index in [2.05, 4.69) is 4.98 Å². The van der Waals surface area contributed by atoms with Crippen LogP contribution in [0.25, 0.3) is 10.9 Å². The molecule has 84 valence electrons. The predicted molar refractivity (Wildman–Crippen MR) is 61.8 cm³/mol. The molecule has 2 rings (SSSR count). The Morgan fingerprint density at radius 2 is 2.19 bits per heavy atom. The molecule has 0 radical (unpaired) electrons. The van der Waals surface area contributed by atoms with Crippen LogP contribution in [0.1, 0.15) is 19.4 Å². The van der Waals surface area contributed by atoms with Crippen molar-refractivity contribution in [2.75, 3.05) is 0 Å². The van der Waals surface area contributed by atoms with Gasteiger partial charge in [0, 0.05) is 29.4 Å². The molecule has 2 nitrogen and oxygen atoms in total. The molecule has 0 saturated carbocycles. The zero-order valence-corrected chi connectivity index (χ0v) is 9.38. The summed E-state index contributed by atoms with van der Waals surface area (Å²) in [4.78, 5) is 14.6. The van der Waals surface area contributed by atoms with Gasteiger partial charge in [0.25, 0.3) is 0 Å². The maximum Gasteiger partial charge on any atom is 0.139 e. The SMILES string of the molecule is CC(C)C(=O)Cc1c[nH]c2cc(F)ccc12. The van der Waals surface area contributed by atoms with E-state index in [1.807, 2.05) is 13.8 Å². The summed E-state index contributed by atoms with van der Waals surface area (Å²) in [6.45, 7) is 3.77. The van der Waals surface area contributed by atoms with Crippen LogP contribution in [0.3, 0.4) is 0 Å². The first kappa shape index (κ1) is 10.9. The summed E-state index contributed by atoms with van der Waals surface area (Å²) >= 11 is 0. The molecule has 0 atom stereocenters. The van der Waals surface area contributed by atoms with Crippen LogP contribution in [0.2, 0.25) is 0 Å². The van der Waals surface area contributed by atoms with Gasteiger partial charge in [-0.15, -0.1) is 0 Å². The second-order valence-corrected chi connectivity index (χ2v) is 4.30. The summed E-state index contributed by atoms with van der Waals surface area (Å²) in [5, 5.41) is 0.926. The Labute approximate surface area is 93.5 Å². The summed E-state index contributed by atoms with van der Waals surface area (Å²) in [7, 11) is 0. The molecule has 0 aliphatic carbocycles. The smallest absolute Gasteiger partial charge is 0.139 e. The number of ketones is 1. The largest absolute Gasteiger partial charge is 0.361 e. The van der Waals surface area contributed by atoms with Crippen molar-refractivity contribution in [1.29, 1.82) is 0 Å². The highest BCUT2D eigenvalue weighted by Gasteiger charge is 2.11. The number of halogens is 1. The minimum Gasteiger partial charge on any atom is -0.361 e. The van der Waals surface area contributed by atoms with E-state index in [1.54, 1.807) is 12.3 Å². The van der Waals surface area contributed by atoms with Gasteiger partial charge in [-0.1, -0.05) is 13.8 Å². The molecule has 0 unspecified atom stereocenters. The lowest BCUT2D eigenvalue weighted by Crippen LogP contribution is -2.09. The molecule has 0 bridgehead atoms. The lowest BCUT2D eigenvalue weighted by atomic mass is 10.0. The van der Waals surface area contributed by atoms with Gasteiger partial charge in [0.05, 0.1) is 0 Å². The minimum absolute atomic E-state index is 0.0328. The van der Waals surface area contributed by atoms with Gasteiger partial charge in [0.15, 0.2) is 0 Å². The number of H-pyrrole nitrogens is 1. The molecule has 1 N–H and O–H groups in total. The normalized spacial score (nSPS) is 11.2. The fourth-order valence-corrected chi connectivity index (χ4v) is 1.70. The number of hydrogen-bond acceptors (Lipinski definition) is 1. The van der Waals surface area contributed by atoms with E-state index in [0.717, 1.165) is 16.5 Å². The Bertz CT molecular complexity index is 528. The average molecular weight is 219 g/mol. The average Bonchev–Trinajstić information content (AvgIpc) is 2.60. The number of aromatic nitrogens is 1. The van der Waals surface area contributed by atoms with Gasteiger partial charge in [-0.05, 0) is 23.8 Å². The number of aromatic amines is 1. The molecule has 1 aromatic heterocycles. The second-order valence-electron chi connectivity index (χ2n) is 4.30. The van der Waals surface area contributed by atoms with E-state index in [-0.39, 0.29) is 17.5 Å². The van der Waals surface area contributed by atoms with Crippen LogP contribution in [0.5, 0.6) is 0 Å². The molecule has 1 heterocycles. The Balaban J connectivity index is 2.35. The molecule has 0 fully saturated rings. The maximum atomic E-state index is 12.9. The molecular formula is C13H14FNO. The van der Waals surface area contributed by atoms with E-state index in [0.29, 0.717) is 6.42 Å². The van der Waals surface area contributed by atoms with Crippen LogP contribution in [-0.2, 0) is 11.2 Å².